The van der Waals surface area contributed by atoms with E-state index in [-0.39, 0.29) is 18.7 Å². The first-order valence-corrected chi connectivity index (χ1v) is 6.58. The van der Waals surface area contributed by atoms with Crippen LogP contribution < -0.4 is 0 Å². The molecule has 0 aliphatic carbocycles. The molecule has 6 heteroatoms. The van der Waals surface area contributed by atoms with Crippen LogP contribution in [0.1, 0.15) is 22.5 Å². The summed E-state index contributed by atoms with van der Waals surface area (Å²) in [6, 6.07) is 7.56. The van der Waals surface area contributed by atoms with Crippen molar-refractivity contribution in [1.29, 1.82) is 10.5 Å². The fourth-order valence-electron chi connectivity index (χ4n) is 1.27. The summed E-state index contributed by atoms with van der Waals surface area (Å²) in [4.78, 5) is 14.2. The SMILES string of the molecule is N#CCCN(CCC#N)C(=O)c1ccc(Br)s1. The standard InChI is InChI=1S/C11H10BrN3OS/c12-10-4-3-9(17-10)11(16)15(7-1-5-13)8-2-6-14/h3-4H,1-2,7-8H2. The molecule has 0 aliphatic rings. The van der Waals surface area contributed by atoms with E-state index in [4.69, 9.17) is 10.5 Å². The van der Waals surface area contributed by atoms with Crippen LogP contribution in [0, 0.1) is 22.7 Å². The minimum atomic E-state index is -0.119. The molecule has 17 heavy (non-hydrogen) atoms. The lowest BCUT2D eigenvalue weighted by molar-refractivity contribution is 0.0767. The lowest BCUT2D eigenvalue weighted by atomic mass is 10.3. The molecule has 1 aromatic heterocycles. The molecule has 0 atom stereocenters. The lowest BCUT2D eigenvalue weighted by Gasteiger charge is -2.19. The summed E-state index contributed by atoms with van der Waals surface area (Å²) >= 11 is 4.65. The average Bonchev–Trinajstić information content (AvgIpc) is 2.75. The van der Waals surface area contributed by atoms with Crippen molar-refractivity contribution in [3.63, 3.8) is 0 Å². The van der Waals surface area contributed by atoms with Crippen LogP contribution in [0.3, 0.4) is 0 Å². The third-order valence-electron chi connectivity index (χ3n) is 2.06. The van der Waals surface area contributed by atoms with Crippen LogP contribution in [-0.4, -0.2) is 23.9 Å². The molecule has 4 nitrogen and oxygen atoms in total. The first-order valence-electron chi connectivity index (χ1n) is 4.97. The van der Waals surface area contributed by atoms with E-state index in [1.165, 1.54) is 11.3 Å². The molecule has 88 valence electrons. The van der Waals surface area contributed by atoms with Gasteiger partial charge < -0.3 is 4.90 Å². The summed E-state index contributed by atoms with van der Waals surface area (Å²) < 4.78 is 0.890. The first kappa shape index (κ1) is 13.7. The summed E-state index contributed by atoms with van der Waals surface area (Å²) in [6.45, 7) is 0.735. The molecule has 1 aromatic rings. The van der Waals surface area contributed by atoms with Gasteiger partial charge in [-0.25, -0.2) is 0 Å². The molecule has 0 bridgehead atoms. The molecule has 1 heterocycles. The van der Waals surface area contributed by atoms with Gasteiger partial charge >= 0.3 is 0 Å². The van der Waals surface area contributed by atoms with Gasteiger partial charge in [0.1, 0.15) is 0 Å². The Morgan fingerprint density at radius 2 is 1.88 bits per heavy atom. The first-order chi connectivity index (χ1) is 8.19. The zero-order valence-corrected chi connectivity index (χ0v) is 11.4. The van der Waals surface area contributed by atoms with Gasteiger partial charge in [-0.2, -0.15) is 10.5 Å². The minimum Gasteiger partial charge on any atom is -0.336 e. The Kier molecular flexibility index (Phi) is 5.68. The summed E-state index contributed by atoms with van der Waals surface area (Å²) in [5.74, 6) is -0.119. The highest BCUT2D eigenvalue weighted by molar-refractivity contribution is 9.11. The summed E-state index contributed by atoms with van der Waals surface area (Å²) in [5.41, 5.74) is 0. The molecule has 0 aliphatic heterocycles. The molecule has 0 aromatic carbocycles. The van der Waals surface area contributed by atoms with Crippen molar-refractivity contribution in [3.8, 4) is 12.1 Å². The Morgan fingerprint density at radius 1 is 1.29 bits per heavy atom. The number of hydrogen-bond acceptors (Lipinski definition) is 4. The number of rotatable bonds is 5. The van der Waals surface area contributed by atoms with Crippen molar-refractivity contribution in [2.24, 2.45) is 0 Å². The van der Waals surface area contributed by atoms with Gasteiger partial charge in [0, 0.05) is 13.1 Å². The van der Waals surface area contributed by atoms with Gasteiger partial charge in [0.15, 0.2) is 0 Å². The second kappa shape index (κ2) is 7.05. The number of nitrogens with zero attached hydrogens (tertiary/aromatic N) is 3. The summed E-state index contributed by atoms with van der Waals surface area (Å²) in [5, 5.41) is 17.1. The Morgan fingerprint density at radius 3 is 2.29 bits per heavy atom. The molecular formula is C11H10BrN3OS. The summed E-state index contributed by atoms with van der Waals surface area (Å²) in [7, 11) is 0. The Bertz CT molecular complexity index is 454. The van der Waals surface area contributed by atoms with Crippen LogP contribution in [0.25, 0.3) is 0 Å². The Labute approximate surface area is 112 Å². The third-order valence-corrected chi connectivity index (χ3v) is 3.67. The number of nitriles is 2. The van der Waals surface area contributed by atoms with Crippen molar-refractivity contribution in [2.45, 2.75) is 12.8 Å². The molecular weight excluding hydrogens is 302 g/mol. The smallest absolute Gasteiger partial charge is 0.264 e. The minimum absolute atomic E-state index is 0.119. The van der Waals surface area contributed by atoms with Crippen molar-refractivity contribution < 1.29 is 4.79 Å². The third kappa shape index (κ3) is 4.18. The quantitative estimate of drug-likeness (QED) is 0.839. The highest BCUT2D eigenvalue weighted by Crippen LogP contribution is 2.23. The van der Waals surface area contributed by atoms with E-state index in [1.54, 1.807) is 11.0 Å². The topological polar surface area (TPSA) is 67.9 Å². The van der Waals surface area contributed by atoms with E-state index < -0.39 is 0 Å². The second-order valence-corrected chi connectivity index (χ2v) is 5.68. The van der Waals surface area contributed by atoms with Crippen molar-refractivity contribution in [1.82, 2.24) is 4.90 Å². The normalized spacial score (nSPS) is 9.35. The number of hydrogen-bond donors (Lipinski definition) is 0. The maximum Gasteiger partial charge on any atom is 0.264 e. The molecule has 0 saturated heterocycles. The van der Waals surface area contributed by atoms with Gasteiger partial charge in [-0.1, -0.05) is 0 Å². The van der Waals surface area contributed by atoms with E-state index >= 15 is 0 Å². The fourth-order valence-corrected chi connectivity index (χ4v) is 2.62. The highest BCUT2D eigenvalue weighted by Gasteiger charge is 2.16. The molecule has 1 rings (SSSR count). The average molecular weight is 312 g/mol. The molecule has 0 spiro atoms. The van der Waals surface area contributed by atoms with Crippen molar-refractivity contribution >= 4 is 33.2 Å². The van der Waals surface area contributed by atoms with Crippen LogP contribution in [0.15, 0.2) is 15.9 Å². The molecule has 0 unspecified atom stereocenters. The van der Waals surface area contributed by atoms with E-state index in [2.05, 4.69) is 15.9 Å². The van der Waals surface area contributed by atoms with E-state index in [9.17, 15) is 4.79 Å². The number of thiophene rings is 1. The number of carbonyl (C=O) groups excluding carboxylic acids is 1. The largest absolute Gasteiger partial charge is 0.336 e. The number of carbonyl (C=O) groups is 1. The maximum absolute atomic E-state index is 12.1. The molecule has 1 amide bonds. The second-order valence-electron chi connectivity index (χ2n) is 3.21. The van der Waals surface area contributed by atoms with Crippen molar-refractivity contribution in [2.75, 3.05) is 13.1 Å². The molecule has 0 radical (unpaired) electrons. The van der Waals surface area contributed by atoms with Gasteiger partial charge in [-0.15, -0.1) is 11.3 Å². The van der Waals surface area contributed by atoms with Crippen LogP contribution in [0.5, 0.6) is 0 Å². The zero-order chi connectivity index (χ0) is 12.7. The van der Waals surface area contributed by atoms with Gasteiger partial charge in [-0.05, 0) is 28.1 Å². The maximum atomic E-state index is 12.1. The predicted octanol–water partition coefficient (Wildman–Crippen LogP) is 2.78. The molecule has 0 saturated carbocycles. The monoisotopic (exact) mass is 311 g/mol. The molecule has 0 fully saturated rings. The van der Waals surface area contributed by atoms with Crippen LogP contribution in [-0.2, 0) is 0 Å². The van der Waals surface area contributed by atoms with Gasteiger partial charge in [0.25, 0.3) is 5.91 Å². The molecule has 0 N–H and O–H groups in total. The lowest BCUT2D eigenvalue weighted by Crippen LogP contribution is -2.32. The van der Waals surface area contributed by atoms with Crippen LogP contribution in [0.2, 0.25) is 0 Å². The van der Waals surface area contributed by atoms with E-state index in [0.717, 1.165) is 3.79 Å². The zero-order valence-electron chi connectivity index (χ0n) is 9.02. The Balaban J connectivity index is 2.72. The van der Waals surface area contributed by atoms with Crippen molar-refractivity contribution in [3.05, 3.63) is 20.8 Å². The number of halogens is 1. The fraction of sp³-hybridized carbons (Fsp3) is 0.364. The van der Waals surface area contributed by atoms with Crippen LogP contribution in [0.4, 0.5) is 0 Å². The Hall–Kier alpha value is -1.37. The predicted molar refractivity (Wildman–Crippen MR) is 68.4 cm³/mol. The number of amides is 1. The van der Waals surface area contributed by atoms with Crippen LogP contribution >= 0.6 is 27.3 Å². The van der Waals surface area contributed by atoms with E-state index in [1.807, 2.05) is 18.2 Å². The van der Waals surface area contributed by atoms with Gasteiger partial charge in [0.05, 0.1) is 33.6 Å². The van der Waals surface area contributed by atoms with Gasteiger partial charge in [0.2, 0.25) is 0 Å². The van der Waals surface area contributed by atoms with Gasteiger partial charge in [-0.3, -0.25) is 4.79 Å². The summed E-state index contributed by atoms with van der Waals surface area (Å²) in [6.07, 6.45) is 0.563. The van der Waals surface area contributed by atoms with E-state index in [0.29, 0.717) is 18.0 Å². The highest BCUT2D eigenvalue weighted by atomic mass is 79.9.